The van der Waals surface area contributed by atoms with Crippen LogP contribution in [0.4, 0.5) is 0 Å². The lowest BCUT2D eigenvalue weighted by Gasteiger charge is -2.28. The molecule has 1 atom stereocenters. The summed E-state index contributed by atoms with van der Waals surface area (Å²) in [6.07, 6.45) is -0.0153. The molecule has 0 aliphatic carbocycles. The molecule has 28 heavy (non-hydrogen) atoms. The average Bonchev–Trinajstić information content (AvgIpc) is 2.72. The van der Waals surface area contributed by atoms with E-state index in [2.05, 4.69) is 5.32 Å². The minimum Gasteiger partial charge on any atom is -0.497 e. The summed E-state index contributed by atoms with van der Waals surface area (Å²) in [5, 5.41) is 2.74. The zero-order chi connectivity index (χ0) is 20.6. The smallest absolute Gasteiger partial charge is 0.243 e. The summed E-state index contributed by atoms with van der Waals surface area (Å²) >= 11 is 0. The molecule has 0 spiro atoms. The molecule has 0 heterocycles. The zero-order valence-corrected chi connectivity index (χ0v) is 17.1. The van der Waals surface area contributed by atoms with E-state index in [4.69, 9.17) is 9.47 Å². The van der Waals surface area contributed by atoms with Gasteiger partial charge in [0.2, 0.25) is 15.9 Å². The first-order chi connectivity index (χ1) is 13.4. The van der Waals surface area contributed by atoms with E-state index in [1.807, 2.05) is 0 Å². The van der Waals surface area contributed by atoms with Crippen molar-refractivity contribution >= 4 is 15.9 Å². The highest BCUT2D eigenvalue weighted by Crippen LogP contribution is 2.30. The van der Waals surface area contributed by atoms with Crippen molar-refractivity contribution in [2.24, 2.45) is 0 Å². The Morgan fingerprint density at radius 1 is 1.07 bits per heavy atom. The van der Waals surface area contributed by atoms with Gasteiger partial charge in [0, 0.05) is 27.1 Å². The van der Waals surface area contributed by atoms with Gasteiger partial charge in [0.1, 0.15) is 5.75 Å². The number of benzene rings is 2. The Morgan fingerprint density at radius 2 is 1.71 bits per heavy atom. The molecule has 0 unspecified atom stereocenters. The van der Waals surface area contributed by atoms with Crippen molar-refractivity contribution in [1.29, 1.82) is 0 Å². The van der Waals surface area contributed by atoms with Crippen LogP contribution in [0, 0.1) is 0 Å². The molecular weight excluding hydrogens is 380 g/mol. The summed E-state index contributed by atoms with van der Waals surface area (Å²) in [5.74, 6) is 0.397. The van der Waals surface area contributed by atoms with Crippen LogP contribution >= 0.6 is 0 Å². The minimum atomic E-state index is -3.78. The van der Waals surface area contributed by atoms with Crippen LogP contribution in [0.25, 0.3) is 0 Å². The van der Waals surface area contributed by atoms with E-state index >= 15 is 0 Å². The molecule has 0 bridgehead atoms. The average molecular weight is 407 g/mol. The van der Waals surface area contributed by atoms with Gasteiger partial charge in [0.15, 0.2) is 0 Å². The Hall–Kier alpha value is -2.42. The first-order valence-electron chi connectivity index (χ1n) is 8.82. The van der Waals surface area contributed by atoms with E-state index in [0.29, 0.717) is 24.5 Å². The van der Waals surface area contributed by atoms with E-state index < -0.39 is 16.1 Å². The third-order valence-corrected chi connectivity index (χ3v) is 6.25. The highest BCUT2D eigenvalue weighted by Gasteiger charge is 2.30. The third kappa shape index (κ3) is 5.54. The fourth-order valence-corrected chi connectivity index (χ4v) is 4.11. The third-order valence-electron chi connectivity index (χ3n) is 4.37. The zero-order valence-electron chi connectivity index (χ0n) is 16.3. The quantitative estimate of drug-likeness (QED) is 0.612. The van der Waals surface area contributed by atoms with E-state index in [1.165, 1.54) is 23.5 Å². The number of rotatable bonds is 10. The van der Waals surface area contributed by atoms with Gasteiger partial charge in [-0.15, -0.1) is 0 Å². The van der Waals surface area contributed by atoms with Crippen molar-refractivity contribution < 1.29 is 22.7 Å². The van der Waals surface area contributed by atoms with Gasteiger partial charge in [0.25, 0.3) is 0 Å². The standard InChI is InChI=1S/C20H26N2O5S/c1-22(28(24,25)18-7-5-4-6-8-18)19(15-20(23)21-13-14-26-2)16-9-11-17(27-3)12-10-16/h4-12,19H,13-15H2,1-3H3,(H,21,23)/t19-/m1/s1. The second-order valence-electron chi connectivity index (χ2n) is 6.17. The lowest BCUT2D eigenvalue weighted by molar-refractivity contribution is -0.122. The molecule has 2 aromatic carbocycles. The highest BCUT2D eigenvalue weighted by molar-refractivity contribution is 7.89. The number of hydrogen-bond acceptors (Lipinski definition) is 5. The molecule has 7 nitrogen and oxygen atoms in total. The molecule has 152 valence electrons. The summed E-state index contributed by atoms with van der Waals surface area (Å²) < 4.78 is 37.5. The Bertz CT molecular complexity index is 854. The van der Waals surface area contributed by atoms with Gasteiger partial charge >= 0.3 is 0 Å². The van der Waals surface area contributed by atoms with Gasteiger partial charge in [0.05, 0.1) is 24.7 Å². The predicted octanol–water partition coefficient (Wildman–Crippen LogP) is 2.21. The number of nitrogens with one attached hydrogen (secondary N) is 1. The molecule has 2 aromatic rings. The van der Waals surface area contributed by atoms with Crippen molar-refractivity contribution in [1.82, 2.24) is 9.62 Å². The Kier molecular flexibility index (Phi) is 7.98. The lowest BCUT2D eigenvalue weighted by atomic mass is 10.0. The molecular formula is C20H26N2O5S. The van der Waals surface area contributed by atoms with Gasteiger partial charge in [-0.3, -0.25) is 4.79 Å². The Labute approximate surface area is 166 Å². The summed E-state index contributed by atoms with van der Waals surface area (Å²) in [5.41, 5.74) is 0.699. The largest absolute Gasteiger partial charge is 0.497 e. The fraction of sp³-hybridized carbons (Fsp3) is 0.350. The molecule has 0 fully saturated rings. The summed E-state index contributed by atoms with van der Waals surface area (Å²) in [6.45, 7) is 0.747. The Balaban J connectivity index is 2.32. The first-order valence-corrected chi connectivity index (χ1v) is 10.3. The number of ether oxygens (including phenoxy) is 2. The first kappa shape index (κ1) is 21.9. The molecule has 0 aliphatic heterocycles. The summed E-state index contributed by atoms with van der Waals surface area (Å²) in [6, 6.07) is 14.5. The molecule has 0 saturated heterocycles. The minimum absolute atomic E-state index is 0.0153. The maximum absolute atomic E-state index is 13.1. The van der Waals surface area contributed by atoms with E-state index in [0.717, 1.165) is 0 Å². The fourth-order valence-electron chi connectivity index (χ4n) is 2.75. The number of carbonyl (C=O) groups is 1. The predicted molar refractivity (Wildman–Crippen MR) is 107 cm³/mol. The van der Waals surface area contributed by atoms with Crippen LogP contribution < -0.4 is 10.1 Å². The monoisotopic (exact) mass is 406 g/mol. The van der Waals surface area contributed by atoms with Crippen molar-refractivity contribution in [3.8, 4) is 5.75 Å². The van der Waals surface area contributed by atoms with E-state index in [-0.39, 0.29) is 17.2 Å². The molecule has 0 radical (unpaired) electrons. The van der Waals surface area contributed by atoms with Crippen LogP contribution in [0.2, 0.25) is 0 Å². The van der Waals surface area contributed by atoms with Gasteiger partial charge in [-0.25, -0.2) is 8.42 Å². The van der Waals surface area contributed by atoms with Gasteiger partial charge in [-0.2, -0.15) is 4.31 Å². The molecule has 2 rings (SSSR count). The maximum atomic E-state index is 13.1. The van der Waals surface area contributed by atoms with E-state index in [9.17, 15) is 13.2 Å². The number of methoxy groups -OCH3 is 2. The molecule has 0 aromatic heterocycles. The second-order valence-corrected chi connectivity index (χ2v) is 8.17. The molecule has 1 N–H and O–H groups in total. The van der Waals surface area contributed by atoms with Crippen LogP contribution in [0.1, 0.15) is 18.0 Å². The van der Waals surface area contributed by atoms with Gasteiger partial charge < -0.3 is 14.8 Å². The summed E-state index contributed by atoms with van der Waals surface area (Å²) in [7, 11) is 0.816. The van der Waals surface area contributed by atoms with Crippen molar-refractivity contribution in [3.63, 3.8) is 0 Å². The van der Waals surface area contributed by atoms with Crippen LogP contribution in [0.5, 0.6) is 5.75 Å². The van der Waals surface area contributed by atoms with Crippen LogP contribution in [0.15, 0.2) is 59.5 Å². The second kappa shape index (κ2) is 10.2. The topological polar surface area (TPSA) is 84.9 Å². The van der Waals surface area contributed by atoms with Gasteiger partial charge in [-0.1, -0.05) is 30.3 Å². The van der Waals surface area contributed by atoms with Gasteiger partial charge in [-0.05, 0) is 29.8 Å². The highest BCUT2D eigenvalue weighted by atomic mass is 32.2. The van der Waals surface area contributed by atoms with Crippen molar-refractivity contribution in [3.05, 3.63) is 60.2 Å². The lowest BCUT2D eigenvalue weighted by Crippen LogP contribution is -2.36. The number of hydrogen-bond donors (Lipinski definition) is 1. The number of sulfonamides is 1. The SMILES string of the molecule is COCCNC(=O)C[C@H](c1ccc(OC)cc1)N(C)S(=O)(=O)c1ccccc1. The Morgan fingerprint density at radius 3 is 2.29 bits per heavy atom. The van der Waals surface area contributed by atoms with Crippen molar-refractivity contribution in [2.75, 3.05) is 34.4 Å². The number of nitrogens with zero attached hydrogens (tertiary/aromatic N) is 1. The van der Waals surface area contributed by atoms with Crippen LogP contribution in [0.3, 0.4) is 0 Å². The van der Waals surface area contributed by atoms with Crippen LogP contribution in [-0.2, 0) is 19.6 Å². The molecule has 0 saturated carbocycles. The van der Waals surface area contributed by atoms with Crippen LogP contribution in [-0.4, -0.2) is 53.0 Å². The molecule has 1 amide bonds. The normalized spacial score (nSPS) is 12.6. The van der Waals surface area contributed by atoms with E-state index in [1.54, 1.807) is 56.7 Å². The molecule has 8 heteroatoms. The number of carbonyl (C=O) groups excluding carboxylic acids is 1. The number of amides is 1. The maximum Gasteiger partial charge on any atom is 0.243 e. The van der Waals surface area contributed by atoms with Crippen molar-refractivity contribution in [2.45, 2.75) is 17.4 Å². The summed E-state index contributed by atoms with van der Waals surface area (Å²) in [4.78, 5) is 12.6. The molecule has 0 aliphatic rings.